The molecule has 0 radical (unpaired) electrons. The monoisotopic (exact) mass is 286 g/mol. The van der Waals surface area contributed by atoms with E-state index in [9.17, 15) is 0 Å². The molecular weight excluding hydrogens is 268 g/mol. The molecule has 3 nitrogen and oxygen atoms in total. The van der Waals surface area contributed by atoms with Crippen molar-refractivity contribution in [2.75, 3.05) is 0 Å². The zero-order valence-corrected chi connectivity index (χ0v) is 12.6. The Hall–Kier alpha value is -1.68. The fourth-order valence-corrected chi connectivity index (χ4v) is 2.33. The van der Waals surface area contributed by atoms with Gasteiger partial charge in [0.15, 0.2) is 0 Å². The Morgan fingerprint density at radius 1 is 1.30 bits per heavy atom. The average molecular weight is 286 g/mol. The van der Waals surface area contributed by atoms with Crippen LogP contribution in [0.25, 0.3) is 11.3 Å². The lowest BCUT2D eigenvalue weighted by Gasteiger charge is -2.10. The van der Waals surface area contributed by atoms with E-state index < -0.39 is 0 Å². The standard InChI is InChI=1S/C16H18N2OS/c1-3-14-17-15(10(2)16(20)18-14)11-4-6-12(7-5-11)19-13-8-9-13/h4-7,13H,3,8-9H2,1-2H3,(H,17,18,20). The van der Waals surface area contributed by atoms with Crippen LogP contribution in [0.15, 0.2) is 24.3 Å². The summed E-state index contributed by atoms with van der Waals surface area (Å²) in [5, 5.41) is 0. The summed E-state index contributed by atoms with van der Waals surface area (Å²) in [6.07, 6.45) is 3.64. The van der Waals surface area contributed by atoms with Crippen molar-refractivity contribution < 1.29 is 4.74 Å². The predicted octanol–water partition coefficient (Wildman–Crippen LogP) is 4.22. The van der Waals surface area contributed by atoms with E-state index in [0.717, 1.165) is 34.8 Å². The van der Waals surface area contributed by atoms with Crippen LogP contribution in [-0.2, 0) is 6.42 Å². The van der Waals surface area contributed by atoms with Gasteiger partial charge >= 0.3 is 0 Å². The maximum absolute atomic E-state index is 5.77. The van der Waals surface area contributed by atoms with Gasteiger partial charge in [-0.05, 0) is 49.6 Å². The van der Waals surface area contributed by atoms with Crippen LogP contribution in [0, 0.1) is 11.6 Å². The topological polar surface area (TPSA) is 37.9 Å². The SMILES string of the molecule is CCc1nc(=S)c(C)c(-c2ccc(OC3CC3)cc2)[nH]1. The molecule has 0 atom stereocenters. The van der Waals surface area contributed by atoms with E-state index in [-0.39, 0.29) is 0 Å². The minimum absolute atomic E-state index is 0.431. The second kappa shape index (κ2) is 5.37. The number of hydrogen-bond acceptors (Lipinski definition) is 3. The summed E-state index contributed by atoms with van der Waals surface area (Å²) in [6.45, 7) is 4.08. The predicted molar refractivity (Wildman–Crippen MR) is 82.6 cm³/mol. The molecule has 0 aliphatic heterocycles. The highest BCUT2D eigenvalue weighted by Gasteiger charge is 2.23. The Morgan fingerprint density at radius 2 is 2.00 bits per heavy atom. The first-order valence-corrected chi connectivity index (χ1v) is 7.45. The van der Waals surface area contributed by atoms with Crippen molar-refractivity contribution in [2.24, 2.45) is 0 Å². The number of rotatable bonds is 4. The minimum atomic E-state index is 0.431. The molecule has 3 rings (SSSR count). The van der Waals surface area contributed by atoms with Crippen LogP contribution in [0.4, 0.5) is 0 Å². The molecule has 0 amide bonds. The van der Waals surface area contributed by atoms with Crippen LogP contribution in [0.3, 0.4) is 0 Å². The lowest BCUT2D eigenvalue weighted by molar-refractivity contribution is 0.303. The number of nitrogens with zero attached hydrogens (tertiary/aromatic N) is 1. The molecule has 104 valence electrons. The maximum atomic E-state index is 5.77. The van der Waals surface area contributed by atoms with Crippen molar-refractivity contribution in [1.29, 1.82) is 0 Å². The van der Waals surface area contributed by atoms with Crippen molar-refractivity contribution in [2.45, 2.75) is 39.2 Å². The first kappa shape index (κ1) is 13.3. The molecule has 1 saturated carbocycles. The number of ether oxygens (including phenoxy) is 1. The fourth-order valence-electron chi connectivity index (χ4n) is 2.11. The summed E-state index contributed by atoms with van der Waals surface area (Å²) in [5.74, 6) is 1.87. The van der Waals surface area contributed by atoms with Gasteiger partial charge in [-0.25, -0.2) is 4.98 Å². The molecule has 1 aromatic carbocycles. The molecular formula is C16H18N2OS. The zero-order valence-electron chi connectivity index (χ0n) is 11.8. The molecule has 2 aromatic rings. The molecule has 1 fully saturated rings. The second-order valence-electron chi connectivity index (χ2n) is 5.18. The third-order valence-corrected chi connectivity index (χ3v) is 3.90. The van der Waals surface area contributed by atoms with Crippen molar-refractivity contribution in [1.82, 2.24) is 9.97 Å². The van der Waals surface area contributed by atoms with Gasteiger partial charge in [-0.3, -0.25) is 0 Å². The lowest BCUT2D eigenvalue weighted by atomic mass is 10.1. The highest BCUT2D eigenvalue weighted by Crippen LogP contribution is 2.29. The van der Waals surface area contributed by atoms with Gasteiger partial charge in [-0.1, -0.05) is 19.1 Å². The van der Waals surface area contributed by atoms with Crippen LogP contribution in [0.1, 0.15) is 31.2 Å². The fraction of sp³-hybridized carbons (Fsp3) is 0.375. The van der Waals surface area contributed by atoms with Gasteiger partial charge in [-0.2, -0.15) is 0 Å². The summed E-state index contributed by atoms with van der Waals surface area (Å²) >= 11 is 5.33. The number of aromatic amines is 1. The number of nitrogens with one attached hydrogen (secondary N) is 1. The van der Waals surface area contributed by atoms with E-state index in [2.05, 4.69) is 29.0 Å². The molecule has 1 aliphatic rings. The van der Waals surface area contributed by atoms with Crippen molar-refractivity contribution in [3.8, 4) is 17.0 Å². The molecule has 4 heteroatoms. The first-order chi connectivity index (χ1) is 9.67. The molecule has 0 saturated heterocycles. The molecule has 1 aliphatic carbocycles. The first-order valence-electron chi connectivity index (χ1n) is 7.04. The number of aromatic nitrogens is 2. The molecule has 1 N–H and O–H groups in total. The highest BCUT2D eigenvalue weighted by atomic mass is 32.1. The summed E-state index contributed by atoms with van der Waals surface area (Å²) in [4.78, 5) is 7.75. The highest BCUT2D eigenvalue weighted by molar-refractivity contribution is 7.71. The Kier molecular flexibility index (Phi) is 3.57. The molecule has 0 bridgehead atoms. The van der Waals surface area contributed by atoms with Gasteiger partial charge < -0.3 is 9.72 Å². The van der Waals surface area contributed by atoms with E-state index in [1.807, 2.05) is 19.1 Å². The van der Waals surface area contributed by atoms with E-state index in [1.165, 1.54) is 12.8 Å². The molecule has 1 heterocycles. The second-order valence-corrected chi connectivity index (χ2v) is 5.57. The Morgan fingerprint density at radius 3 is 2.60 bits per heavy atom. The molecule has 0 spiro atoms. The van der Waals surface area contributed by atoms with Crippen LogP contribution in [0.2, 0.25) is 0 Å². The van der Waals surface area contributed by atoms with Crippen LogP contribution in [0.5, 0.6) is 5.75 Å². The van der Waals surface area contributed by atoms with Crippen LogP contribution in [-0.4, -0.2) is 16.1 Å². The Bertz CT molecular complexity index is 672. The largest absolute Gasteiger partial charge is 0.490 e. The maximum Gasteiger partial charge on any atom is 0.133 e. The third-order valence-electron chi connectivity index (χ3n) is 3.51. The number of benzene rings is 1. The molecule has 1 aromatic heterocycles. The Labute approximate surface area is 124 Å². The normalized spacial score (nSPS) is 14.3. The third kappa shape index (κ3) is 2.75. The number of aryl methyl sites for hydroxylation is 1. The molecule has 0 unspecified atom stereocenters. The van der Waals surface area contributed by atoms with Crippen molar-refractivity contribution in [3.63, 3.8) is 0 Å². The van der Waals surface area contributed by atoms with Crippen LogP contribution < -0.4 is 4.74 Å². The van der Waals surface area contributed by atoms with Gasteiger partial charge in [0.2, 0.25) is 0 Å². The number of H-pyrrole nitrogens is 1. The minimum Gasteiger partial charge on any atom is -0.490 e. The van der Waals surface area contributed by atoms with E-state index >= 15 is 0 Å². The van der Waals surface area contributed by atoms with Crippen LogP contribution >= 0.6 is 12.2 Å². The Balaban J connectivity index is 1.95. The zero-order chi connectivity index (χ0) is 14.1. The summed E-state index contributed by atoms with van der Waals surface area (Å²) < 4.78 is 6.45. The van der Waals surface area contributed by atoms with E-state index in [0.29, 0.717) is 10.7 Å². The summed E-state index contributed by atoms with van der Waals surface area (Å²) in [5.41, 5.74) is 3.20. The quantitative estimate of drug-likeness (QED) is 0.855. The van der Waals surface area contributed by atoms with Gasteiger partial charge in [0.25, 0.3) is 0 Å². The van der Waals surface area contributed by atoms with Gasteiger partial charge in [-0.15, -0.1) is 0 Å². The van der Waals surface area contributed by atoms with Gasteiger partial charge in [0.05, 0.1) is 11.8 Å². The molecule has 20 heavy (non-hydrogen) atoms. The van der Waals surface area contributed by atoms with E-state index in [4.69, 9.17) is 17.0 Å². The average Bonchev–Trinajstić information content (AvgIpc) is 3.27. The van der Waals surface area contributed by atoms with Crippen molar-refractivity contribution in [3.05, 3.63) is 40.3 Å². The van der Waals surface area contributed by atoms with Gasteiger partial charge in [0, 0.05) is 12.0 Å². The number of hydrogen-bond donors (Lipinski definition) is 1. The van der Waals surface area contributed by atoms with Gasteiger partial charge in [0.1, 0.15) is 16.2 Å². The smallest absolute Gasteiger partial charge is 0.133 e. The lowest BCUT2D eigenvalue weighted by Crippen LogP contribution is -2.00. The summed E-state index contributed by atoms with van der Waals surface area (Å²) in [6, 6.07) is 8.20. The summed E-state index contributed by atoms with van der Waals surface area (Å²) in [7, 11) is 0. The van der Waals surface area contributed by atoms with E-state index in [1.54, 1.807) is 0 Å². The van der Waals surface area contributed by atoms with Crippen molar-refractivity contribution >= 4 is 12.2 Å².